The number of carbonyl (C=O) groups is 2. The van der Waals surface area contributed by atoms with Gasteiger partial charge in [-0.05, 0) is 50.7 Å². The highest BCUT2D eigenvalue weighted by atomic mass is 16.6. The van der Waals surface area contributed by atoms with Crippen molar-refractivity contribution < 1.29 is 14.3 Å². The van der Waals surface area contributed by atoms with Gasteiger partial charge in [0.1, 0.15) is 11.6 Å². The van der Waals surface area contributed by atoms with E-state index in [1.54, 1.807) is 0 Å². The van der Waals surface area contributed by atoms with Gasteiger partial charge < -0.3 is 15.0 Å². The van der Waals surface area contributed by atoms with Gasteiger partial charge >= 0.3 is 6.09 Å². The first-order chi connectivity index (χ1) is 14.3. The van der Waals surface area contributed by atoms with Crippen LogP contribution in [-0.2, 0) is 16.0 Å². The number of benzene rings is 2. The highest BCUT2D eigenvalue weighted by Gasteiger charge is 2.31. The van der Waals surface area contributed by atoms with Gasteiger partial charge in [-0.3, -0.25) is 4.79 Å². The van der Waals surface area contributed by atoms with E-state index >= 15 is 0 Å². The minimum Gasteiger partial charge on any atom is -0.444 e. The van der Waals surface area contributed by atoms with Crippen LogP contribution in [-0.4, -0.2) is 41.6 Å². The summed E-state index contributed by atoms with van der Waals surface area (Å²) in [5.74, 6) is 0.429. The van der Waals surface area contributed by atoms with Crippen LogP contribution in [0.5, 0.6) is 0 Å². The van der Waals surface area contributed by atoms with Crippen LogP contribution in [0, 0.1) is 0 Å². The number of piperidine rings is 1. The van der Waals surface area contributed by atoms with E-state index in [9.17, 15) is 9.59 Å². The van der Waals surface area contributed by atoms with Gasteiger partial charge in [-0.25, -0.2) is 4.79 Å². The Balaban J connectivity index is 1.66. The van der Waals surface area contributed by atoms with Crippen molar-refractivity contribution in [2.75, 3.05) is 13.1 Å². The molecule has 0 spiro atoms. The monoisotopic (exact) mass is 408 g/mol. The number of likely N-dealkylation sites (tertiary alicyclic amines) is 1. The second-order valence-electron chi connectivity index (χ2n) is 8.90. The molecular weight excluding hydrogens is 376 g/mol. The normalized spacial score (nSPS) is 16.0. The molecule has 30 heavy (non-hydrogen) atoms. The van der Waals surface area contributed by atoms with Gasteiger partial charge in [0.05, 0.1) is 0 Å². The minimum atomic E-state index is -0.643. The standard InChI is InChI=1S/C25H32N2O3/c1-25(2,3)30-24(29)26-22(18-19-10-6-4-7-11-19)23(28)27-16-14-21(15-17-27)20-12-8-5-9-13-20/h4-13,21-22H,14-18H2,1-3H3,(H,26,29). The molecule has 160 valence electrons. The number of alkyl carbamates (subject to hydrolysis) is 1. The molecule has 2 aromatic carbocycles. The Morgan fingerprint density at radius 2 is 1.57 bits per heavy atom. The smallest absolute Gasteiger partial charge is 0.408 e. The topological polar surface area (TPSA) is 58.6 Å². The lowest BCUT2D eigenvalue weighted by Crippen LogP contribution is -2.52. The largest absolute Gasteiger partial charge is 0.444 e. The molecule has 2 amide bonds. The van der Waals surface area contributed by atoms with Crippen LogP contribution in [0.25, 0.3) is 0 Å². The van der Waals surface area contributed by atoms with Crippen molar-refractivity contribution >= 4 is 12.0 Å². The highest BCUT2D eigenvalue weighted by Crippen LogP contribution is 2.28. The number of hydrogen-bond donors (Lipinski definition) is 1. The molecule has 5 heteroatoms. The van der Waals surface area contributed by atoms with E-state index in [4.69, 9.17) is 4.74 Å². The third kappa shape index (κ3) is 6.34. The summed E-state index contributed by atoms with van der Waals surface area (Å²) in [6.45, 7) is 6.83. The average molecular weight is 409 g/mol. The molecule has 1 N–H and O–H groups in total. The third-order valence-corrected chi connectivity index (χ3v) is 5.35. The van der Waals surface area contributed by atoms with Gasteiger partial charge in [0.15, 0.2) is 0 Å². The second kappa shape index (κ2) is 9.79. The van der Waals surface area contributed by atoms with Gasteiger partial charge in [0.25, 0.3) is 0 Å². The summed E-state index contributed by atoms with van der Waals surface area (Å²) in [4.78, 5) is 27.6. The quantitative estimate of drug-likeness (QED) is 0.791. The third-order valence-electron chi connectivity index (χ3n) is 5.35. The zero-order valence-corrected chi connectivity index (χ0v) is 18.1. The van der Waals surface area contributed by atoms with E-state index in [-0.39, 0.29) is 5.91 Å². The molecule has 5 nitrogen and oxygen atoms in total. The Kier molecular flexibility index (Phi) is 7.14. The number of nitrogens with one attached hydrogen (secondary N) is 1. The molecule has 2 aromatic rings. The van der Waals surface area contributed by atoms with E-state index in [0.29, 0.717) is 25.4 Å². The predicted octanol–water partition coefficient (Wildman–Crippen LogP) is 4.53. The molecule has 1 saturated heterocycles. The maximum Gasteiger partial charge on any atom is 0.408 e. The van der Waals surface area contributed by atoms with Crippen LogP contribution in [0.3, 0.4) is 0 Å². The molecule has 0 aromatic heterocycles. The molecule has 0 radical (unpaired) electrons. The molecule has 0 aliphatic carbocycles. The molecule has 1 unspecified atom stereocenters. The number of carbonyl (C=O) groups excluding carboxylic acids is 2. The van der Waals surface area contributed by atoms with Gasteiger partial charge in [0, 0.05) is 19.5 Å². The molecule has 1 aliphatic heterocycles. The molecule has 1 atom stereocenters. The lowest BCUT2D eigenvalue weighted by molar-refractivity contribution is -0.134. The Hall–Kier alpha value is -2.82. The molecule has 0 saturated carbocycles. The first kappa shape index (κ1) is 21.9. The fourth-order valence-corrected chi connectivity index (χ4v) is 3.88. The highest BCUT2D eigenvalue weighted by molar-refractivity contribution is 5.86. The fourth-order valence-electron chi connectivity index (χ4n) is 3.88. The van der Waals surface area contributed by atoms with E-state index in [1.165, 1.54) is 5.56 Å². The van der Waals surface area contributed by atoms with Gasteiger partial charge in [-0.2, -0.15) is 0 Å². The van der Waals surface area contributed by atoms with Crippen molar-refractivity contribution in [1.29, 1.82) is 0 Å². The first-order valence-corrected chi connectivity index (χ1v) is 10.7. The van der Waals surface area contributed by atoms with Crippen LogP contribution in [0.15, 0.2) is 60.7 Å². The second-order valence-corrected chi connectivity index (χ2v) is 8.90. The summed E-state index contributed by atoms with van der Waals surface area (Å²) in [7, 11) is 0. The van der Waals surface area contributed by atoms with Crippen LogP contribution in [0.4, 0.5) is 4.79 Å². The van der Waals surface area contributed by atoms with Crippen molar-refractivity contribution in [2.45, 2.75) is 57.6 Å². The van der Waals surface area contributed by atoms with Crippen molar-refractivity contribution in [1.82, 2.24) is 10.2 Å². The number of rotatable bonds is 5. The minimum absolute atomic E-state index is 0.0452. The Morgan fingerprint density at radius 3 is 2.13 bits per heavy atom. The van der Waals surface area contributed by atoms with Crippen LogP contribution < -0.4 is 5.32 Å². The maximum atomic E-state index is 13.3. The van der Waals surface area contributed by atoms with Crippen molar-refractivity contribution in [3.63, 3.8) is 0 Å². The van der Waals surface area contributed by atoms with Crippen LogP contribution >= 0.6 is 0 Å². The lowest BCUT2D eigenvalue weighted by Gasteiger charge is -2.35. The predicted molar refractivity (Wildman–Crippen MR) is 118 cm³/mol. The summed E-state index contributed by atoms with van der Waals surface area (Å²) in [5, 5.41) is 2.81. The summed E-state index contributed by atoms with van der Waals surface area (Å²) in [6.07, 6.45) is 1.74. The Bertz CT molecular complexity index is 822. The summed E-state index contributed by atoms with van der Waals surface area (Å²) in [6, 6.07) is 19.6. The number of hydrogen-bond acceptors (Lipinski definition) is 3. The van der Waals surface area contributed by atoms with Gasteiger partial charge in [-0.15, -0.1) is 0 Å². The molecule has 0 bridgehead atoms. The zero-order valence-electron chi connectivity index (χ0n) is 18.1. The van der Waals surface area contributed by atoms with E-state index in [1.807, 2.05) is 62.1 Å². The van der Waals surface area contributed by atoms with Crippen LogP contribution in [0.1, 0.15) is 50.7 Å². The van der Waals surface area contributed by atoms with E-state index in [0.717, 1.165) is 18.4 Å². The number of nitrogens with zero attached hydrogens (tertiary/aromatic N) is 1. The average Bonchev–Trinajstić information content (AvgIpc) is 2.73. The van der Waals surface area contributed by atoms with Crippen LogP contribution in [0.2, 0.25) is 0 Å². The van der Waals surface area contributed by atoms with Crippen molar-refractivity contribution in [2.24, 2.45) is 0 Å². The fraction of sp³-hybridized carbons (Fsp3) is 0.440. The summed E-state index contributed by atoms with van der Waals surface area (Å²) < 4.78 is 5.40. The first-order valence-electron chi connectivity index (χ1n) is 10.7. The maximum absolute atomic E-state index is 13.3. The lowest BCUT2D eigenvalue weighted by atomic mass is 9.89. The Morgan fingerprint density at radius 1 is 1.00 bits per heavy atom. The molecule has 1 aliphatic rings. The van der Waals surface area contributed by atoms with E-state index in [2.05, 4.69) is 29.6 Å². The van der Waals surface area contributed by atoms with Gasteiger partial charge in [-0.1, -0.05) is 60.7 Å². The Labute approximate surface area is 179 Å². The van der Waals surface area contributed by atoms with Crippen molar-refractivity contribution in [3.05, 3.63) is 71.8 Å². The van der Waals surface area contributed by atoms with E-state index < -0.39 is 17.7 Å². The summed E-state index contributed by atoms with van der Waals surface area (Å²) in [5.41, 5.74) is 1.72. The molecule has 3 rings (SSSR count). The summed E-state index contributed by atoms with van der Waals surface area (Å²) >= 11 is 0. The molecular formula is C25H32N2O3. The number of ether oxygens (including phenoxy) is 1. The van der Waals surface area contributed by atoms with Gasteiger partial charge in [0.2, 0.25) is 5.91 Å². The van der Waals surface area contributed by atoms with Crippen molar-refractivity contribution in [3.8, 4) is 0 Å². The molecule has 1 fully saturated rings. The molecule has 1 heterocycles. The SMILES string of the molecule is CC(C)(C)OC(=O)NC(Cc1ccccc1)C(=O)N1CCC(c2ccccc2)CC1. The zero-order chi connectivity index (χ0) is 21.6. The number of amides is 2.